The third-order valence-electron chi connectivity index (χ3n) is 3.86. The molecule has 8 nitrogen and oxygen atoms in total. The summed E-state index contributed by atoms with van der Waals surface area (Å²) in [4.78, 5) is 30.3. The fourth-order valence-electron chi connectivity index (χ4n) is 2.43. The van der Waals surface area contributed by atoms with Gasteiger partial charge in [0.25, 0.3) is 5.56 Å². The Balaban J connectivity index is 1.77. The summed E-state index contributed by atoms with van der Waals surface area (Å²) in [5, 5.41) is 13.3. The first-order chi connectivity index (χ1) is 14.1. The molecule has 2 aromatic carbocycles. The molecule has 0 aliphatic heterocycles. The highest BCUT2D eigenvalue weighted by molar-refractivity contribution is 5.80. The lowest BCUT2D eigenvalue weighted by atomic mass is 10.1. The monoisotopic (exact) mass is 387 g/mol. The van der Waals surface area contributed by atoms with Crippen LogP contribution in [0.5, 0.6) is 5.75 Å². The topological polar surface area (TPSA) is 120 Å². The molecule has 0 unspecified atom stereocenters. The Morgan fingerprint density at radius 3 is 2.62 bits per heavy atom. The number of nitrogens with zero attached hydrogens (tertiary/aromatic N) is 3. The summed E-state index contributed by atoms with van der Waals surface area (Å²) in [6.45, 7) is 1.72. The number of carbonyl (C=O) groups is 1. The van der Waals surface area contributed by atoms with Crippen molar-refractivity contribution in [2.45, 2.75) is 13.3 Å². The first kappa shape index (κ1) is 19.5. The summed E-state index contributed by atoms with van der Waals surface area (Å²) in [5.41, 5.74) is 3.71. The summed E-state index contributed by atoms with van der Waals surface area (Å²) < 4.78 is 5.11. The average molecular weight is 387 g/mol. The van der Waals surface area contributed by atoms with Gasteiger partial charge in [0.1, 0.15) is 17.4 Å². The first-order valence-electron chi connectivity index (χ1n) is 8.80. The molecular weight excluding hydrogens is 370 g/mol. The molecule has 1 aromatic heterocycles. The standard InChI is InChI=1S/C21H17N5O3/c1-2-18(27)29-16-10-8-14(9-11-16)13-23-26-21-24-19(15-6-4-3-5-7-15)17(12-22)20(28)25-21/h3-11,13H,2H2,1H3,(H2,24,25,26,28). The molecule has 144 valence electrons. The fraction of sp³-hybridized carbons (Fsp3) is 0.0952. The second-order valence-electron chi connectivity index (χ2n) is 5.88. The van der Waals surface area contributed by atoms with Gasteiger partial charge < -0.3 is 4.74 Å². The predicted octanol–water partition coefficient (Wildman–Crippen LogP) is 3.07. The summed E-state index contributed by atoms with van der Waals surface area (Å²) >= 11 is 0. The van der Waals surface area contributed by atoms with E-state index < -0.39 is 5.56 Å². The number of aromatic amines is 1. The highest BCUT2D eigenvalue weighted by Crippen LogP contribution is 2.19. The molecular formula is C21H17N5O3. The van der Waals surface area contributed by atoms with Gasteiger partial charge in [0, 0.05) is 12.0 Å². The van der Waals surface area contributed by atoms with Gasteiger partial charge in [-0.25, -0.2) is 10.4 Å². The van der Waals surface area contributed by atoms with Crippen LogP contribution >= 0.6 is 0 Å². The van der Waals surface area contributed by atoms with E-state index in [0.29, 0.717) is 17.7 Å². The van der Waals surface area contributed by atoms with E-state index in [4.69, 9.17) is 4.74 Å². The first-order valence-corrected chi connectivity index (χ1v) is 8.80. The van der Waals surface area contributed by atoms with Gasteiger partial charge in [-0.2, -0.15) is 10.4 Å². The molecule has 2 N–H and O–H groups in total. The minimum Gasteiger partial charge on any atom is -0.427 e. The molecule has 3 rings (SSSR count). The zero-order valence-corrected chi connectivity index (χ0v) is 15.5. The van der Waals surface area contributed by atoms with Crippen LogP contribution < -0.4 is 15.7 Å². The van der Waals surface area contributed by atoms with E-state index >= 15 is 0 Å². The van der Waals surface area contributed by atoms with Crippen molar-refractivity contribution in [2.24, 2.45) is 5.10 Å². The van der Waals surface area contributed by atoms with Gasteiger partial charge in [-0.15, -0.1) is 0 Å². The van der Waals surface area contributed by atoms with Crippen molar-refractivity contribution in [1.29, 1.82) is 5.26 Å². The molecule has 0 radical (unpaired) electrons. The average Bonchev–Trinajstić information content (AvgIpc) is 2.75. The maximum absolute atomic E-state index is 12.2. The zero-order chi connectivity index (χ0) is 20.6. The van der Waals surface area contributed by atoms with Crippen molar-refractivity contribution >= 4 is 18.1 Å². The van der Waals surface area contributed by atoms with Crippen molar-refractivity contribution in [3.05, 3.63) is 76.1 Å². The van der Waals surface area contributed by atoms with Gasteiger partial charge >= 0.3 is 5.97 Å². The van der Waals surface area contributed by atoms with Gasteiger partial charge in [-0.05, 0) is 29.8 Å². The number of anilines is 1. The molecule has 0 fully saturated rings. The second-order valence-corrected chi connectivity index (χ2v) is 5.88. The van der Waals surface area contributed by atoms with Crippen LogP contribution in [0.1, 0.15) is 24.5 Å². The van der Waals surface area contributed by atoms with E-state index in [0.717, 1.165) is 5.56 Å². The summed E-state index contributed by atoms with van der Waals surface area (Å²) in [5.74, 6) is 0.253. The van der Waals surface area contributed by atoms with E-state index in [2.05, 4.69) is 20.5 Å². The lowest BCUT2D eigenvalue weighted by Crippen LogP contribution is -2.16. The minimum atomic E-state index is -0.554. The number of nitriles is 1. The molecule has 0 saturated heterocycles. The maximum Gasteiger partial charge on any atom is 0.310 e. The van der Waals surface area contributed by atoms with Crippen LogP contribution in [0, 0.1) is 11.3 Å². The minimum absolute atomic E-state index is 0.0667. The Kier molecular flexibility index (Phi) is 6.12. The molecule has 29 heavy (non-hydrogen) atoms. The molecule has 8 heteroatoms. The normalized spacial score (nSPS) is 10.5. The van der Waals surface area contributed by atoms with Crippen molar-refractivity contribution in [2.75, 3.05) is 5.43 Å². The molecule has 0 aliphatic rings. The Morgan fingerprint density at radius 1 is 1.24 bits per heavy atom. The van der Waals surface area contributed by atoms with Crippen LogP contribution in [0.2, 0.25) is 0 Å². The highest BCUT2D eigenvalue weighted by Gasteiger charge is 2.12. The lowest BCUT2D eigenvalue weighted by molar-refractivity contribution is -0.134. The van der Waals surface area contributed by atoms with Crippen LogP contribution in [-0.2, 0) is 4.79 Å². The quantitative estimate of drug-likeness (QED) is 0.290. The number of rotatable bonds is 6. The van der Waals surface area contributed by atoms with Crippen molar-refractivity contribution in [1.82, 2.24) is 9.97 Å². The Labute approximate surface area is 166 Å². The van der Waals surface area contributed by atoms with Crippen LogP contribution in [-0.4, -0.2) is 22.2 Å². The van der Waals surface area contributed by atoms with E-state index in [-0.39, 0.29) is 23.2 Å². The molecule has 0 amide bonds. The van der Waals surface area contributed by atoms with E-state index in [1.807, 2.05) is 12.1 Å². The van der Waals surface area contributed by atoms with Gasteiger partial charge in [-0.3, -0.25) is 14.6 Å². The third-order valence-corrected chi connectivity index (χ3v) is 3.86. The van der Waals surface area contributed by atoms with E-state index in [1.165, 1.54) is 6.21 Å². The zero-order valence-electron chi connectivity index (χ0n) is 15.5. The second kappa shape index (κ2) is 9.10. The van der Waals surface area contributed by atoms with Gasteiger partial charge in [-0.1, -0.05) is 37.3 Å². The molecule has 0 spiro atoms. The number of carbonyl (C=O) groups excluding carboxylic acids is 1. The third kappa shape index (κ3) is 4.93. The van der Waals surface area contributed by atoms with Gasteiger partial charge in [0.2, 0.25) is 5.95 Å². The van der Waals surface area contributed by atoms with Crippen LogP contribution in [0.3, 0.4) is 0 Å². The molecule has 1 heterocycles. The number of hydrogen-bond acceptors (Lipinski definition) is 7. The van der Waals surface area contributed by atoms with E-state index in [1.54, 1.807) is 55.5 Å². The van der Waals surface area contributed by atoms with Gasteiger partial charge in [0.15, 0.2) is 0 Å². The number of aromatic nitrogens is 2. The van der Waals surface area contributed by atoms with Crippen LogP contribution in [0.4, 0.5) is 5.95 Å². The molecule has 3 aromatic rings. The summed E-state index contributed by atoms with van der Waals surface area (Å²) in [7, 11) is 0. The number of ether oxygens (including phenoxy) is 1. The lowest BCUT2D eigenvalue weighted by Gasteiger charge is -2.06. The largest absolute Gasteiger partial charge is 0.427 e. The number of nitrogens with one attached hydrogen (secondary N) is 2. The number of benzene rings is 2. The van der Waals surface area contributed by atoms with Crippen LogP contribution in [0.15, 0.2) is 64.5 Å². The number of hydrogen-bond donors (Lipinski definition) is 2. The number of H-pyrrole nitrogens is 1. The molecule has 0 aliphatic carbocycles. The Morgan fingerprint density at radius 2 is 1.97 bits per heavy atom. The fourth-order valence-corrected chi connectivity index (χ4v) is 2.43. The van der Waals surface area contributed by atoms with Crippen molar-refractivity contribution in [3.8, 4) is 23.1 Å². The Hall–Kier alpha value is -4.25. The summed E-state index contributed by atoms with van der Waals surface area (Å²) in [6, 6.07) is 17.6. The highest BCUT2D eigenvalue weighted by atomic mass is 16.5. The van der Waals surface area contributed by atoms with Crippen molar-refractivity contribution < 1.29 is 9.53 Å². The molecule has 0 atom stereocenters. The smallest absolute Gasteiger partial charge is 0.310 e. The van der Waals surface area contributed by atoms with Crippen molar-refractivity contribution in [3.63, 3.8) is 0 Å². The maximum atomic E-state index is 12.2. The molecule has 0 saturated carbocycles. The SMILES string of the molecule is CCC(=O)Oc1ccc(C=NNc2nc(-c3ccccc3)c(C#N)c(=O)[nH]2)cc1. The summed E-state index contributed by atoms with van der Waals surface area (Å²) in [6.07, 6.45) is 1.82. The van der Waals surface area contributed by atoms with E-state index in [9.17, 15) is 14.9 Å². The Bertz CT molecular complexity index is 1130. The number of hydrazone groups is 1. The predicted molar refractivity (Wildman–Crippen MR) is 109 cm³/mol. The number of esters is 1. The van der Waals surface area contributed by atoms with Crippen LogP contribution in [0.25, 0.3) is 11.3 Å². The van der Waals surface area contributed by atoms with Gasteiger partial charge in [0.05, 0.1) is 11.9 Å². The molecule has 0 bridgehead atoms.